The molecule has 2 atom stereocenters. The van der Waals surface area contributed by atoms with E-state index in [2.05, 4.69) is 11.2 Å². The third-order valence-electron chi connectivity index (χ3n) is 6.11. The van der Waals surface area contributed by atoms with E-state index in [1.807, 2.05) is 6.08 Å². The lowest BCUT2D eigenvalue weighted by molar-refractivity contribution is -0.152. The normalized spacial score (nSPS) is 20.6. The number of nitrogens with zero attached hydrogens (tertiary/aromatic N) is 1. The van der Waals surface area contributed by atoms with Crippen molar-refractivity contribution in [3.8, 4) is 18.1 Å². The van der Waals surface area contributed by atoms with E-state index in [9.17, 15) is 18.3 Å². The van der Waals surface area contributed by atoms with Crippen LogP contribution in [0.25, 0.3) is 0 Å². The van der Waals surface area contributed by atoms with Gasteiger partial charge >= 0.3 is 0 Å². The molecule has 3 rings (SSSR count). The number of aliphatic hydroxyl groups is 1. The molecule has 0 radical (unpaired) electrons. The summed E-state index contributed by atoms with van der Waals surface area (Å²) in [4.78, 5) is 12.5. The minimum Gasteiger partial charge on any atom is -0.497 e. The summed E-state index contributed by atoms with van der Waals surface area (Å²) in [7, 11) is -2.34. The molecule has 0 aromatic heterocycles. The fourth-order valence-corrected chi connectivity index (χ4v) is 5.42. The van der Waals surface area contributed by atoms with Crippen molar-refractivity contribution in [3.63, 3.8) is 0 Å². The Kier molecular flexibility index (Phi) is 9.36. The highest BCUT2D eigenvalue weighted by Gasteiger charge is 2.35. The summed E-state index contributed by atoms with van der Waals surface area (Å²) in [5, 5.41) is 12.0. The highest BCUT2D eigenvalue weighted by atomic mass is 32.2. The molecule has 34 heavy (non-hydrogen) atoms. The molecule has 2 N–H and O–H groups in total. The van der Waals surface area contributed by atoms with Crippen LogP contribution in [0.15, 0.2) is 41.0 Å². The monoisotopic (exact) mass is 492 g/mol. The fourth-order valence-electron chi connectivity index (χ4n) is 4.01. The van der Waals surface area contributed by atoms with Crippen molar-refractivity contribution in [2.75, 3.05) is 40.0 Å². The lowest BCUT2D eigenvalue weighted by Crippen LogP contribution is -2.39. The predicted octanol–water partition coefficient (Wildman–Crippen LogP) is 1.49. The Morgan fingerprint density at radius 3 is 2.62 bits per heavy atom. The smallest absolute Gasteiger partial charge is 0.286 e. The average molecular weight is 493 g/mol. The van der Waals surface area contributed by atoms with Crippen LogP contribution < -0.4 is 10.1 Å². The van der Waals surface area contributed by atoms with Gasteiger partial charge in [0.1, 0.15) is 5.75 Å². The average Bonchev–Trinajstić information content (AvgIpc) is 2.80. The Bertz CT molecular complexity index is 997. The van der Waals surface area contributed by atoms with Crippen LogP contribution in [0, 0.1) is 24.2 Å². The molecule has 0 bridgehead atoms. The number of methoxy groups -OCH3 is 1. The summed E-state index contributed by atoms with van der Waals surface area (Å²) in [5.74, 6) is 3.33. The van der Waals surface area contributed by atoms with Crippen molar-refractivity contribution in [1.82, 2.24) is 9.62 Å². The van der Waals surface area contributed by atoms with E-state index in [4.69, 9.17) is 20.6 Å². The van der Waals surface area contributed by atoms with E-state index in [0.29, 0.717) is 18.1 Å². The summed E-state index contributed by atoms with van der Waals surface area (Å²) in [6, 6.07) is 6.05. The van der Waals surface area contributed by atoms with Crippen molar-refractivity contribution >= 4 is 15.9 Å². The van der Waals surface area contributed by atoms with Gasteiger partial charge in [-0.15, -0.1) is 6.42 Å². The molecule has 9 nitrogen and oxygen atoms in total. The van der Waals surface area contributed by atoms with Gasteiger partial charge in [-0.25, -0.2) is 8.42 Å². The summed E-state index contributed by atoms with van der Waals surface area (Å²) >= 11 is 0. The molecule has 1 amide bonds. The molecule has 1 heterocycles. The number of sulfonamides is 1. The van der Waals surface area contributed by atoms with Crippen LogP contribution in [-0.4, -0.2) is 70.0 Å². The molecule has 1 fully saturated rings. The van der Waals surface area contributed by atoms with Gasteiger partial charge in [-0.05, 0) is 55.0 Å². The fraction of sp³-hybridized carbons (Fsp3) is 0.542. The van der Waals surface area contributed by atoms with Gasteiger partial charge in [0.05, 0.1) is 31.8 Å². The lowest BCUT2D eigenvalue weighted by atomic mass is 9.73. The lowest BCUT2D eigenvalue weighted by Gasteiger charge is -2.37. The van der Waals surface area contributed by atoms with E-state index in [1.54, 1.807) is 12.1 Å². The van der Waals surface area contributed by atoms with Crippen LogP contribution >= 0.6 is 0 Å². The van der Waals surface area contributed by atoms with Crippen molar-refractivity contribution in [3.05, 3.63) is 36.1 Å². The SMILES string of the molecule is C#CCNC(=O)C1=C[C@H](C2CCC2)C[C@H](OCCN(CCO)S(=O)(=O)c2ccc(OC)cc2)O1. The second kappa shape index (κ2) is 12.2. The second-order valence-electron chi connectivity index (χ2n) is 8.23. The van der Waals surface area contributed by atoms with E-state index in [1.165, 1.54) is 25.7 Å². The first kappa shape index (κ1) is 26.0. The molecule has 0 unspecified atom stereocenters. The second-order valence-corrected chi connectivity index (χ2v) is 10.2. The zero-order valence-electron chi connectivity index (χ0n) is 19.3. The van der Waals surface area contributed by atoms with Crippen LogP contribution in [-0.2, 0) is 24.3 Å². The quantitative estimate of drug-likeness (QED) is 0.425. The molecular formula is C24H32N2O7S. The maximum atomic E-state index is 13.0. The molecule has 1 aliphatic heterocycles. The minimum atomic E-state index is -3.84. The highest BCUT2D eigenvalue weighted by molar-refractivity contribution is 7.89. The van der Waals surface area contributed by atoms with Gasteiger partial charge in [-0.1, -0.05) is 12.3 Å². The van der Waals surface area contributed by atoms with Crippen LogP contribution in [0.3, 0.4) is 0 Å². The Balaban J connectivity index is 1.63. The van der Waals surface area contributed by atoms with Crippen molar-refractivity contribution in [2.24, 2.45) is 11.8 Å². The Hall–Kier alpha value is -2.58. The number of hydrogen-bond donors (Lipinski definition) is 2. The molecule has 2 aliphatic rings. The number of rotatable bonds is 12. The first-order chi connectivity index (χ1) is 16.4. The van der Waals surface area contributed by atoms with Crippen molar-refractivity contribution in [1.29, 1.82) is 0 Å². The Morgan fingerprint density at radius 1 is 1.29 bits per heavy atom. The first-order valence-corrected chi connectivity index (χ1v) is 12.8. The van der Waals surface area contributed by atoms with Gasteiger partial charge in [0.15, 0.2) is 5.76 Å². The number of terminal acetylenes is 1. The van der Waals surface area contributed by atoms with Gasteiger partial charge in [0.25, 0.3) is 5.91 Å². The van der Waals surface area contributed by atoms with Crippen LogP contribution in [0.5, 0.6) is 5.75 Å². The summed E-state index contributed by atoms with van der Waals surface area (Å²) in [5.41, 5.74) is 0. The van der Waals surface area contributed by atoms with Gasteiger partial charge in [-0.2, -0.15) is 4.31 Å². The Morgan fingerprint density at radius 2 is 2.03 bits per heavy atom. The largest absolute Gasteiger partial charge is 0.497 e. The topological polar surface area (TPSA) is 114 Å². The number of ether oxygens (including phenoxy) is 3. The number of carbonyl (C=O) groups excluding carboxylic acids is 1. The van der Waals surface area contributed by atoms with Gasteiger partial charge < -0.3 is 24.6 Å². The third kappa shape index (κ3) is 6.51. The first-order valence-electron chi connectivity index (χ1n) is 11.4. The zero-order chi connectivity index (χ0) is 24.6. The van der Waals surface area contributed by atoms with Crippen LogP contribution in [0.2, 0.25) is 0 Å². The molecule has 10 heteroatoms. The summed E-state index contributed by atoms with van der Waals surface area (Å²) in [6.45, 7) is -0.255. The highest BCUT2D eigenvalue weighted by Crippen LogP contribution is 2.39. The molecule has 186 valence electrons. The zero-order valence-corrected chi connectivity index (χ0v) is 20.1. The van der Waals surface area contributed by atoms with E-state index >= 15 is 0 Å². The predicted molar refractivity (Wildman–Crippen MR) is 125 cm³/mol. The maximum Gasteiger partial charge on any atom is 0.286 e. The number of hydrogen-bond acceptors (Lipinski definition) is 7. The Labute approximate surface area is 201 Å². The van der Waals surface area contributed by atoms with E-state index in [-0.39, 0.29) is 55.3 Å². The molecule has 0 saturated heterocycles. The summed E-state index contributed by atoms with van der Waals surface area (Å²) < 4.78 is 44.0. The number of amides is 1. The molecule has 1 aromatic rings. The number of benzene rings is 1. The van der Waals surface area contributed by atoms with E-state index < -0.39 is 16.3 Å². The van der Waals surface area contributed by atoms with Crippen molar-refractivity contribution in [2.45, 2.75) is 36.9 Å². The van der Waals surface area contributed by atoms with Crippen LogP contribution in [0.1, 0.15) is 25.7 Å². The van der Waals surface area contributed by atoms with E-state index in [0.717, 1.165) is 17.1 Å². The standard InChI is InChI=1S/C24H32N2O7S/c1-3-11-25-24(28)22-16-19(18-5-4-6-18)17-23(33-22)32-15-13-26(12-14-27)34(29,30)21-9-7-20(31-2)8-10-21/h1,7-10,16,18-19,23,27H,4-6,11-15,17H2,2H3,(H,25,28)/t19-,23+/m0/s1. The minimum absolute atomic E-state index is 0.0191. The third-order valence-corrected chi connectivity index (χ3v) is 8.02. The van der Waals surface area contributed by atoms with Crippen LogP contribution in [0.4, 0.5) is 0 Å². The van der Waals surface area contributed by atoms with Crippen molar-refractivity contribution < 1.29 is 32.5 Å². The van der Waals surface area contributed by atoms with Gasteiger partial charge in [0.2, 0.25) is 16.3 Å². The molecule has 1 saturated carbocycles. The number of aliphatic hydroxyl groups excluding tert-OH is 1. The molecule has 1 aromatic carbocycles. The number of nitrogens with one attached hydrogen (secondary N) is 1. The van der Waals surface area contributed by atoms with Gasteiger partial charge in [-0.3, -0.25) is 4.79 Å². The number of carbonyl (C=O) groups is 1. The van der Waals surface area contributed by atoms with Gasteiger partial charge in [0, 0.05) is 19.5 Å². The molecular weight excluding hydrogens is 460 g/mol. The number of allylic oxidation sites excluding steroid dienone is 1. The maximum absolute atomic E-state index is 13.0. The molecule has 1 aliphatic carbocycles. The summed E-state index contributed by atoms with van der Waals surface area (Å²) in [6.07, 6.45) is 10.3. The molecule has 0 spiro atoms.